The maximum absolute atomic E-state index is 10.2. The van der Waals surface area contributed by atoms with Gasteiger partial charge < -0.3 is 0 Å². The van der Waals surface area contributed by atoms with Gasteiger partial charge in [-0.3, -0.25) is 0 Å². The van der Waals surface area contributed by atoms with E-state index in [1.807, 2.05) is 48.5 Å². The first-order chi connectivity index (χ1) is 32.6. The molecular formula is C62H38N4. The predicted octanol–water partition coefficient (Wildman–Crippen LogP) is 16.0. The molecule has 0 amide bonds. The summed E-state index contributed by atoms with van der Waals surface area (Å²) in [6, 6.07) is 83.0. The SMILES string of the molecule is N#Cc1ccc(-c2cccc(-c3cccc4ccc5ccccc5c34)c2)c(-c2cccc(-c3ccccc3-c3nc(-c4ccccc4)nc(-c4ccc5ccc6ccccc6c5c4)n3)c2)c1. The Kier molecular flexibility index (Phi) is 9.51. The lowest BCUT2D eigenvalue weighted by atomic mass is 9.88. The standard InChI is InChI=1S/C62H38N4/c63-39-40-27-34-53(47-19-10-20-48(36-47)55-26-12-17-44-32-30-42-14-5-7-24-54(42)59(44)55)57(35-40)49-21-11-18-46(37-49)52-23-8-9-25-56(52)62-65-60(45-15-2-1-3-16-45)64-61(66-62)50-33-31-43-29-28-41-13-4-6-22-51(41)58(43)38-50/h1-38H. The van der Waals surface area contributed by atoms with Gasteiger partial charge in [0.2, 0.25) is 0 Å². The Hall–Kier alpha value is -9.04. The van der Waals surface area contributed by atoms with Crippen LogP contribution >= 0.6 is 0 Å². The van der Waals surface area contributed by atoms with E-state index in [1.54, 1.807) is 0 Å². The molecule has 0 fully saturated rings. The molecule has 4 nitrogen and oxygen atoms in total. The fraction of sp³-hybridized carbons (Fsp3) is 0. The molecule has 66 heavy (non-hydrogen) atoms. The molecule has 12 rings (SSSR count). The zero-order chi connectivity index (χ0) is 44.0. The molecule has 0 atom stereocenters. The minimum absolute atomic E-state index is 0.586. The Morgan fingerprint density at radius 3 is 1.50 bits per heavy atom. The zero-order valence-electron chi connectivity index (χ0n) is 35.7. The molecule has 0 N–H and O–H groups in total. The van der Waals surface area contributed by atoms with E-state index in [9.17, 15) is 5.26 Å². The Balaban J connectivity index is 0.980. The van der Waals surface area contributed by atoms with Gasteiger partial charge in [-0.25, -0.2) is 15.0 Å². The molecule has 0 spiro atoms. The Bertz CT molecular complexity index is 3900. The van der Waals surface area contributed by atoms with E-state index < -0.39 is 0 Å². The summed E-state index contributed by atoms with van der Waals surface area (Å²) in [4.78, 5) is 15.5. The van der Waals surface area contributed by atoms with Gasteiger partial charge in [0, 0.05) is 16.7 Å². The Morgan fingerprint density at radius 2 is 0.758 bits per heavy atom. The van der Waals surface area contributed by atoms with Crippen LogP contribution in [0.5, 0.6) is 0 Å². The Morgan fingerprint density at radius 1 is 0.273 bits per heavy atom. The van der Waals surface area contributed by atoms with Crippen molar-refractivity contribution in [1.82, 2.24) is 15.0 Å². The van der Waals surface area contributed by atoms with Crippen molar-refractivity contribution >= 4 is 43.1 Å². The number of hydrogen-bond acceptors (Lipinski definition) is 4. The molecular weight excluding hydrogens is 801 g/mol. The summed E-state index contributed by atoms with van der Waals surface area (Å²) < 4.78 is 0. The molecule has 0 aliphatic heterocycles. The number of fused-ring (bicyclic) bond motifs is 6. The average molecular weight is 839 g/mol. The first-order valence-electron chi connectivity index (χ1n) is 22.1. The highest BCUT2D eigenvalue weighted by atomic mass is 15.0. The molecule has 0 saturated heterocycles. The fourth-order valence-electron chi connectivity index (χ4n) is 9.53. The van der Waals surface area contributed by atoms with E-state index in [0.29, 0.717) is 23.0 Å². The molecule has 0 radical (unpaired) electrons. The number of hydrogen-bond donors (Lipinski definition) is 0. The highest BCUT2D eigenvalue weighted by Gasteiger charge is 2.18. The van der Waals surface area contributed by atoms with E-state index in [1.165, 1.54) is 37.9 Å². The normalized spacial score (nSPS) is 11.3. The third kappa shape index (κ3) is 6.93. The Labute approximate surface area is 382 Å². The van der Waals surface area contributed by atoms with Gasteiger partial charge >= 0.3 is 0 Å². The summed E-state index contributed by atoms with van der Waals surface area (Å²) >= 11 is 0. The van der Waals surface area contributed by atoms with Crippen molar-refractivity contribution in [3.8, 4) is 84.7 Å². The van der Waals surface area contributed by atoms with Crippen LogP contribution in [0.3, 0.4) is 0 Å². The zero-order valence-corrected chi connectivity index (χ0v) is 35.7. The smallest absolute Gasteiger partial charge is 0.164 e. The van der Waals surface area contributed by atoms with Crippen molar-refractivity contribution in [2.24, 2.45) is 0 Å². The first kappa shape index (κ1) is 38.6. The number of aromatic nitrogens is 3. The van der Waals surface area contributed by atoms with Crippen molar-refractivity contribution in [3.05, 3.63) is 236 Å². The second-order valence-electron chi connectivity index (χ2n) is 16.7. The van der Waals surface area contributed by atoms with Gasteiger partial charge in [0.05, 0.1) is 11.6 Å². The molecule has 0 aliphatic carbocycles. The monoisotopic (exact) mass is 838 g/mol. The molecule has 12 aromatic rings. The van der Waals surface area contributed by atoms with Crippen LogP contribution in [0.1, 0.15) is 5.56 Å². The minimum atomic E-state index is 0.586. The van der Waals surface area contributed by atoms with Gasteiger partial charge in [0.1, 0.15) is 0 Å². The maximum atomic E-state index is 10.2. The third-order valence-electron chi connectivity index (χ3n) is 12.7. The molecule has 0 unspecified atom stereocenters. The van der Waals surface area contributed by atoms with Crippen LogP contribution in [-0.4, -0.2) is 15.0 Å². The summed E-state index contributed by atoms with van der Waals surface area (Å²) in [7, 11) is 0. The van der Waals surface area contributed by atoms with E-state index >= 15 is 0 Å². The second-order valence-corrected chi connectivity index (χ2v) is 16.7. The van der Waals surface area contributed by atoms with Crippen LogP contribution in [0.25, 0.3) is 122 Å². The third-order valence-corrected chi connectivity index (χ3v) is 12.7. The molecule has 0 saturated carbocycles. The second kappa shape index (κ2) is 16.3. The number of rotatable bonds is 7. The highest BCUT2D eigenvalue weighted by Crippen LogP contribution is 2.41. The van der Waals surface area contributed by atoms with Crippen molar-refractivity contribution in [3.63, 3.8) is 0 Å². The van der Waals surface area contributed by atoms with Crippen molar-refractivity contribution in [1.29, 1.82) is 5.26 Å². The van der Waals surface area contributed by atoms with E-state index in [4.69, 9.17) is 15.0 Å². The minimum Gasteiger partial charge on any atom is -0.208 e. The van der Waals surface area contributed by atoms with Crippen molar-refractivity contribution in [2.75, 3.05) is 0 Å². The molecule has 1 aromatic heterocycles. The van der Waals surface area contributed by atoms with E-state index in [0.717, 1.165) is 66.4 Å². The van der Waals surface area contributed by atoms with Crippen LogP contribution in [0, 0.1) is 11.3 Å². The summed E-state index contributed by atoms with van der Waals surface area (Å²) in [5.74, 6) is 1.80. The average Bonchev–Trinajstić information content (AvgIpc) is 3.40. The van der Waals surface area contributed by atoms with Crippen LogP contribution in [-0.2, 0) is 0 Å². The lowest BCUT2D eigenvalue weighted by molar-refractivity contribution is 1.07. The van der Waals surface area contributed by atoms with E-state index in [2.05, 4.69) is 188 Å². The predicted molar refractivity (Wildman–Crippen MR) is 273 cm³/mol. The fourth-order valence-corrected chi connectivity index (χ4v) is 9.53. The molecule has 0 bridgehead atoms. The van der Waals surface area contributed by atoms with Crippen molar-refractivity contribution < 1.29 is 0 Å². The van der Waals surface area contributed by atoms with Crippen LogP contribution < -0.4 is 0 Å². The van der Waals surface area contributed by atoms with Crippen LogP contribution in [0.15, 0.2) is 231 Å². The van der Waals surface area contributed by atoms with Gasteiger partial charge in [0.15, 0.2) is 17.5 Å². The molecule has 4 heteroatoms. The quantitative estimate of drug-likeness (QED) is 0.150. The number of nitrogens with zero attached hydrogens (tertiary/aromatic N) is 4. The molecule has 0 aliphatic rings. The summed E-state index contributed by atoms with van der Waals surface area (Å²) in [5, 5.41) is 19.8. The lowest BCUT2D eigenvalue weighted by Crippen LogP contribution is -2.01. The van der Waals surface area contributed by atoms with Gasteiger partial charge in [0.25, 0.3) is 0 Å². The van der Waals surface area contributed by atoms with Gasteiger partial charge in [-0.1, -0.05) is 200 Å². The largest absolute Gasteiger partial charge is 0.208 e. The summed E-state index contributed by atoms with van der Waals surface area (Å²) in [6.07, 6.45) is 0. The van der Waals surface area contributed by atoms with Crippen LogP contribution in [0.2, 0.25) is 0 Å². The van der Waals surface area contributed by atoms with Gasteiger partial charge in [-0.2, -0.15) is 5.26 Å². The molecule has 11 aromatic carbocycles. The lowest BCUT2D eigenvalue weighted by Gasteiger charge is -2.16. The maximum Gasteiger partial charge on any atom is 0.164 e. The number of nitriles is 1. The molecule has 306 valence electrons. The summed E-state index contributed by atoms with van der Waals surface area (Å²) in [5.41, 5.74) is 11.7. The van der Waals surface area contributed by atoms with Crippen LogP contribution in [0.4, 0.5) is 0 Å². The first-order valence-corrected chi connectivity index (χ1v) is 22.1. The van der Waals surface area contributed by atoms with E-state index in [-0.39, 0.29) is 0 Å². The van der Waals surface area contributed by atoms with Crippen molar-refractivity contribution in [2.45, 2.75) is 0 Å². The highest BCUT2D eigenvalue weighted by molar-refractivity contribution is 6.14. The van der Waals surface area contributed by atoms with Gasteiger partial charge in [-0.15, -0.1) is 0 Å². The number of benzene rings is 11. The molecule has 1 heterocycles. The van der Waals surface area contributed by atoms with Gasteiger partial charge in [-0.05, 0) is 118 Å². The topological polar surface area (TPSA) is 62.5 Å². The summed E-state index contributed by atoms with van der Waals surface area (Å²) in [6.45, 7) is 0.